The second kappa shape index (κ2) is 5.98. The molecule has 0 aromatic heterocycles. The second-order valence-electron chi connectivity index (χ2n) is 3.83. The molecule has 1 saturated carbocycles. The number of amides is 1. The molecule has 0 aromatic rings. The standard InChI is InChI=1S/C10H20N2O2/c1-2-8(7-13)12-10(14)5-6-11-9-3-4-9/h8-9,11,13H,2-7H2,1H3,(H,12,14)/t8-/m1/s1. The molecule has 4 nitrogen and oxygen atoms in total. The van der Waals surface area contributed by atoms with Gasteiger partial charge in [-0.25, -0.2) is 0 Å². The fourth-order valence-corrected chi connectivity index (χ4v) is 1.25. The fraction of sp³-hybridized carbons (Fsp3) is 0.900. The lowest BCUT2D eigenvalue weighted by atomic mass is 10.2. The van der Waals surface area contributed by atoms with Crippen LogP contribution in [0.1, 0.15) is 32.6 Å². The van der Waals surface area contributed by atoms with Gasteiger partial charge in [0.05, 0.1) is 12.6 Å². The van der Waals surface area contributed by atoms with E-state index >= 15 is 0 Å². The second-order valence-corrected chi connectivity index (χ2v) is 3.83. The Morgan fingerprint density at radius 2 is 2.29 bits per heavy atom. The lowest BCUT2D eigenvalue weighted by Gasteiger charge is -2.13. The smallest absolute Gasteiger partial charge is 0.221 e. The van der Waals surface area contributed by atoms with Crippen molar-refractivity contribution in [3.05, 3.63) is 0 Å². The van der Waals surface area contributed by atoms with Crippen molar-refractivity contribution in [1.29, 1.82) is 0 Å². The van der Waals surface area contributed by atoms with Gasteiger partial charge in [-0.1, -0.05) is 6.92 Å². The minimum Gasteiger partial charge on any atom is -0.394 e. The van der Waals surface area contributed by atoms with E-state index in [0.29, 0.717) is 12.5 Å². The Labute approximate surface area is 85.1 Å². The lowest BCUT2D eigenvalue weighted by Crippen LogP contribution is -2.38. The van der Waals surface area contributed by atoms with Gasteiger partial charge in [-0.2, -0.15) is 0 Å². The summed E-state index contributed by atoms with van der Waals surface area (Å²) in [7, 11) is 0. The molecule has 0 saturated heterocycles. The van der Waals surface area contributed by atoms with Gasteiger partial charge in [0.25, 0.3) is 0 Å². The van der Waals surface area contributed by atoms with Crippen LogP contribution in [0.2, 0.25) is 0 Å². The van der Waals surface area contributed by atoms with Gasteiger partial charge in [0.1, 0.15) is 0 Å². The average molecular weight is 200 g/mol. The van der Waals surface area contributed by atoms with E-state index < -0.39 is 0 Å². The van der Waals surface area contributed by atoms with Crippen molar-refractivity contribution in [3.63, 3.8) is 0 Å². The number of aliphatic hydroxyl groups excluding tert-OH is 1. The molecule has 14 heavy (non-hydrogen) atoms. The highest BCUT2D eigenvalue weighted by molar-refractivity contribution is 5.76. The summed E-state index contributed by atoms with van der Waals surface area (Å²) in [5.41, 5.74) is 0. The van der Waals surface area contributed by atoms with Crippen LogP contribution in [0.15, 0.2) is 0 Å². The Balaban J connectivity index is 2.01. The highest BCUT2D eigenvalue weighted by Crippen LogP contribution is 2.18. The predicted molar refractivity (Wildman–Crippen MR) is 54.9 cm³/mol. The first-order valence-electron chi connectivity index (χ1n) is 5.39. The maximum atomic E-state index is 11.3. The molecule has 1 aliphatic carbocycles. The quantitative estimate of drug-likeness (QED) is 0.543. The van der Waals surface area contributed by atoms with E-state index in [1.807, 2.05) is 6.92 Å². The van der Waals surface area contributed by atoms with Crippen molar-refractivity contribution in [3.8, 4) is 0 Å². The van der Waals surface area contributed by atoms with Gasteiger partial charge in [0.2, 0.25) is 5.91 Å². The van der Waals surface area contributed by atoms with Crippen molar-refractivity contribution in [1.82, 2.24) is 10.6 Å². The first kappa shape index (κ1) is 11.5. The van der Waals surface area contributed by atoms with Gasteiger partial charge in [-0.05, 0) is 19.3 Å². The highest BCUT2D eigenvalue weighted by atomic mass is 16.3. The number of aliphatic hydroxyl groups is 1. The molecule has 1 rings (SSSR count). The van der Waals surface area contributed by atoms with Crippen molar-refractivity contribution < 1.29 is 9.90 Å². The molecule has 3 N–H and O–H groups in total. The maximum absolute atomic E-state index is 11.3. The number of hydrogen-bond donors (Lipinski definition) is 3. The summed E-state index contributed by atoms with van der Waals surface area (Å²) in [6.45, 7) is 2.72. The van der Waals surface area contributed by atoms with Gasteiger partial charge < -0.3 is 15.7 Å². The van der Waals surface area contributed by atoms with Crippen LogP contribution in [0.5, 0.6) is 0 Å². The minimum absolute atomic E-state index is 0.0261. The molecule has 0 unspecified atom stereocenters. The van der Waals surface area contributed by atoms with E-state index in [1.165, 1.54) is 12.8 Å². The summed E-state index contributed by atoms with van der Waals surface area (Å²) >= 11 is 0. The Morgan fingerprint density at radius 3 is 2.79 bits per heavy atom. The molecule has 1 atom stereocenters. The summed E-state index contributed by atoms with van der Waals surface area (Å²) in [5.74, 6) is 0.0269. The van der Waals surface area contributed by atoms with Crippen LogP contribution in [-0.2, 0) is 4.79 Å². The van der Waals surface area contributed by atoms with E-state index in [-0.39, 0.29) is 18.6 Å². The number of carbonyl (C=O) groups is 1. The summed E-state index contributed by atoms with van der Waals surface area (Å²) in [5, 5.41) is 14.9. The molecule has 0 bridgehead atoms. The molecule has 1 amide bonds. The molecule has 1 fully saturated rings. The van der Waals surface area contributed by atoms with Gasteiger partial charge >= 0.3 is 0 Å². The molecule has 0 spiro atoms. The van der Waals surface area contributed by atoms with Crippen LogP contribution in [0.4, 0.5) is 0 Å². The molecule has 0 radical (unpaired) electrons. The van der Waals surface area contributed by atoms with Gasteiger partial charge in [-0.3, -0.25) is 4.79 Å². The van der Waals surface area contributed by atoms with E-state index in [0.717, 1.165) is 13.0 Å². The Morgan fingerprint density at radius 1 is 1.57 bits per heavy atom. The van der Waals surface area contributed by atoms with Crippen molar-refractivity contribution in [2.24, 2.45) is 0 Å². The summed E-state index contributed by atoms with van der Waals surface area (Å²) in [6.07, 6.45) is 3.77. The predicted octanol–water partition coefficient (Wildman–Crippen LogP) is 0.0156. The first-order chi connectivity index (χ1) is 6.76. The van der Waals surface area contributed by atoms with Crippen LogP contribution in [0.3, 0.4) is 0 Å². The minimum atomic E-state index is -0.0802. The first-order valence-corrected chi connectivity index (χ1v) is 5.39. The van der Waals surface area contributed by atoms with Crippen molar-refractivity contribution >= 4 is 5.91 Å². The zero-order valence-corrected chi connectivity index (χ0v) is 8.75. The summed E-state index contributed by atoms with van der Waals surface area (Å²) in [4.78, 5) is 11.3. The van der Waals surface area contributed by atoms with Crippen LogP contribution < -0.4 is 10.6 Å². The third-order valence-corrected chi connectivity index (χ3v) is 2.44. The third-order valence-electron chi connectivity index (χ3n) is 2.44. The van der Waals surface area contributed by atoms with Crippen molar-refractivity contribution in [2.75, 3.05) is 13.2 Å². The molecule has 82 valence electrons. The Bertz CT molecular complexity index is 177. The number of carbonyl (C=O) groups excluding carboxylic acids is 1. The summed E-state index contributed by atoms with van der Waals surface area (Å²) < 4.78 is 0. The Kier molecular flexibility index (Phi) is 4.90. The molecule has 4 heteroatoms. The van der Waals surface area contributed by atoms with E-state index in [9.17, 15) is 4.79 Å². The maximum Gasteiger partial charge on any atom is 0.221 e. The average Bonchev–Trinajstić information content (AvgIpc) is 2.98. The van der Waals surface area contributed by atoms with E-state index in [4.69, 9.17) is 5.11 Å². The fourth-order valence-electron chi connectivity index (χ4n) is 1.25. The van der Waals surface area contributed by atoms with Gasteiger partial charge in [0.15, 0.2) is 0 Å². The largest absolute Gasteiger partial charge is 0.394 e. The Hall–Kier alpha value is -0.610. The topological polar surface area (TPSA) is 61.4 Å². The van der Waals surface area contributed by atoms with Gasteiger partial charge in [0, 0.05) is 19.0 Å². The van der Waals surface area contributed by atoms with Crippen molar-refractivity contribution in [2.45, 2.75) is 44.7 Å². The van der Waals surface area contributed by atoms with Gasteiger partial charge in [-0.15, -0.1) is 0 Å². The van der Waals surface area contributed by atoms with Crippen LogP contribution >= 0.6 is 0 Å². The van der Waals surface area contributed by atoms with Crippen LogP contribution in [-0.4, -0.2) is 36.2 Å². The molecule has 0 aromatic carbocycles. The third kappa shape index (κ3) is 4.58. The monoisotopic (exact) mass is 200 g/mol. The lowest BCUT2D eigenvalue weighted by molar-refractivity contribution is -0.122. The van der Waals surface area contributed by atoms with E-state index in [1.54, 1.807) is 0 Å². The molecular weight excluding hydrogens is 180 g/mol. The summed E-state index contributed by atoms with van der Waals surface area (Å²) in [6, 6.07) is 0.575. The number of hydrogen-bond acceptors (Lipinski definition) is 3. The number of rotatable bonds is 7. The molecule has 1 aliphatic rings. The highest BCUT2D eigenvalue weighted by Gasteiger charge is 2.20. The normalized spacial score (nSPS) is 17.9. The van der Waals surface area contributed by atoms with E-state index in [2.05, 4.69) is 10.6 Å². The zero-order chi connectivity index (χ0) is 10.4. The zero-order valence-electron chi connectivity index (χ0n) is 8.75. The van der Waals surface area contributed by atoms with Crippen LogP contribution in [0.25, 0.3) is 0 Å². The number of nitrogens with one attached hydrogen (secondary N) is 2. The molecule has 0 heterocycles. The molecular formula is C10H20N2O2. The molecule has 0 aliphatic heterocycles. The SMILES string of the molecule is CC[C@H](CO)NC(=O)CCNC1CC1. The van der Waals surface area contributed by atoms with Crippen LogP contribution in [0, 0.1) is 0 Å².